The molecule has 18 heavy (non-hydrogen) atoms. The summed E-state index contributed by atoms with van der Waals surface area (Å²) in [5.41, 5.74) is 4.79. The zero-order chi connectivity index (χ0) is 13.9. The van der Waals surface area contributed by atoms with Crippen LogP contribution in [0, 0.1) is 0 Å². The Morgan fingerprint density at radius 3 is 2.61 bits per heavy atom. The fourth-order valence-corrected chi connectivity index (χ4v) is 1.63. The smallest absolute Gasteiger partial charge is 0.417 e. The Labute approximate surface area is 107 Å². The molecule has 0 radical (unpaired) electrons. The number of carbonyl (C=O) groups is 1. The van der Waals surface area contributed by atoms with E-state index in [2.05, 4.69) is 4.74 Å². The SMILES string of the molecule is COC(=O)[C@@H](N)Cc1ccc(Cl)c(C(F)(F)F)c1. The molecule has 3 nitrogen and oxygen atoms in total. The van der Waals surface area contributed by atoms with Crippen LogP contribution in [-0.4, -0.2) is 19.1 Å². The van der Waals surface area contributed by atoms with Gasteiger partial charge in [0, 0.05) is 0 Å². The monoisotopic (exact) mass is 281 g/mol. The van der Waals surface area contributed by atoms with E-state index in [-0.39, 0.29) is 12.0 Å². The maximum absolute atomic E-state index is 12.6. The lowest BCUT2D eigenvalue weighted by molar-refractivity contribution is -0.142. The number of methoxy groups -OCH3 is 1. The Morgan fingerprint density at radius 2 is 2.11 bits per heavy atom. The highest BCUT2D eigenvalue weighted by molar-refractivity contribution is 6.31. The minimum absolute atomic E-state index is 0.0487. The lowest BCUT2D eigenvalue weighted by atomic mass is 10.0. The van der Waals surface area contributed by atoms with Gasteiger partial charge in [0.05, 0.1) is 17.7 Å². The van der Waals surface area contributed by atoms with Gasteiger partial charge in [-0.2, -0.15) is 13.2 Å². The Hall–Kier alpha value is -1.27. The van der Waals surface area contributed by atoms with Crippen LogP contribution in [0.2, 0.25) is 5.02 Å². The van der Waals surface area contributed by atoms with E-state index in [1.165, 1.54) is 6.07 Å². The third-order valence-corrected chi connectivity index (χ3v) is 2.63. The lowest BCUT2D eigenvalue weighted by Crippen LogP contribution is -2.33. The number of esters is 1. The van der Waals surface area contributed by atoms with Crippen LogP contribution >= 0.6 is 11.6 Å². The van der Waals surface area contributed by atoms with E-state index in [4.69, 9.17) is 17.3 Å². The molecule has 0 saturated heterocycles. The van der Waals surface area contributed by atoms with Crippen molar-refractivity contribution in [1.82, 2.24) is 0 Å². The number of benzene rings is 1. The summed E-state index contributed by atoms with van der Waals surface area (Å²) in [6.45, 7) is 0. The first-order chi connectivity index (χ1) is 8.25. The molecule has 0 saturated carbocycles. The number of alkyl halides is 3. The first-order valence-electron chi connectivity index (χ1n) is 4.94. The van der Waals surface area contributed by atoms with Crippen molar-refractivity contribution < 1.29 is 22.7 Å². The van der Waals surface area contributed by atoms with Crippen LogP contribution in [0.1, 0.15) is 11.1 Å². The van der Waals surface area contributed by atoms with Gasteiger partial charge < -0.3 is 10.5 Å². The van der Waals surface area contributed by atoms with Gasteiger partial charge in [-0.3, -0.25) is 4.79 Å². The quantitative estimate of drug-likeness (QED) is 0.866. The van der Waals surface area contributed by atoms with Crippen molar-refractivity contribution in [2.45, 2.75) is 18.6 Å². The zero-order valence-electron chi connectivity index (χ0n) is 9.42. The molecule has 0 aliphatic carbocycles. The minimum atomic E-state index is -4.54. The van der Waals surface area contributed by atoms with Gasteiger partial charge in [0.1, 0.15) is 6.04 Å². The standard InChI is InChI=1S/C11H11ClF3NO2/c1-18-10(17)9(16)5-6-2-3-8(12)7(4-6)11(13,14)15/h2-4,9H,5,16H2,1H3/t9-/m0/s1. The number of ether oxygens (including phenoxy) is 1. The van der Waals surface area contributed by atoms with E-state index < -0.39 is 28.8 Å². The molecule has 0 aromatic heterocycles. The summed E-state index contributed by atoms with van der Waals surface area (Å²) in [6, 6.07) is 2.40. The molecule has 1 atom stereocenters. The highest BCUT2D eigenvalue weighted by atomic mass is 35.5. The summed E-state index contributed by atoms with van der Waals surface area (Å²) >= 11 is 5.46. The molecule has 0 bridgehead atoms. The second kappa shape index (κ2) is 5.58. The van der Waals surface area contributed by atoms with Crippen molar-refractivity contribution in [2.75, 3.05) is 7.11 Å². The molecular formula is C11H11ClF3NO2. The summed E-state index contributed by atoms with van der Waals surface area (Å²) < 4.78 is 42.1. The number of nitrogens with two attached hydrogens (primary N) is 1. The summed E-state index contributed by atoms with van der Waals surface area (Å²) in [6.07, 6.45) is -4.59. The number of rotatable bonds is 3. The normalized spacial score (nSPS) is 13.2. The topological polar surface area (TPSA) is 52.3 Å². The van der Waals surface area contributed by atoms with E-state index >= 15 is 0 Å². The van der Waals surface area contributed by atoms with Crippen LogP contribution in [0.25, 0.3) is 0 Å². The second-order valence-electron chi connectivity index (χ2n) is 3.65. The van der Waals surface area contributed by atoms with Gasteiger partial charge in [-0.15, -0.1) is 0 Å². The fourth-order valence-electron chi connectivity index (χ4n) is 1.41. The summed E-state index contributed by atoms with van der Waals surface area (Å²) in [7, 11) is 1.16. The van der Waals surface area contributed by atoms with Crippen LogP contribution in [0.3, 0.4) is 0 Å². The molecule has 0 unspecified atom stereocenters. The van der Waals surface area contributed by atoms with Gasteiger partial charge in [-0.25, -0.2) is 0 Å². The summed E-state index contributed by atoms with van der Waals surface area (Å²) in [5, 5.41) is -0.391. The van der Waals surface area contributed by atoms with Gasteiger partial charge in [0.2, 0.25) is 0 Å². The number of hydrogen-bond acceptors (Lipinski definition) is 3. The van der Waals surface area contributed by atoms with Gasteiger partial charge in [0.25, 0.3) is 0 Å². The molecule has 0 aliphatic rings. The van der Waals surface area contributed by atoms with E-state index in [0.717, 1.165) is 19.2 Å². The van der Waals surface area contributed by atoms with E-state index in [9.17, 15) is 18.0 Å². The third kappa shape index (κ3) is 3.61. The maximum atomic E-state index is 12.6. The molecule has 0 aliphatic heterocycles. The van der Waals surface area contributed by atoms with Crippen LogP contribution in [0.5, 0.6) is 0 Å². The number of carbonyl (C=O) groups excluding carboxylic acids is 1. The number of halogens is 4. The predicted octanol–water partition coefficient (Wildman–Crippen LogP) is 2.40. The van der Waals surface area contributed by atoms with Crippen LogP contribution in [0.4, 0.5) is 13.2 Å². The molecule has 1 aromatic rings. The van der Waals surface area contributed by atoms with Crippen molar-refractivity contribution >= 4 is 17.6 Å². The van der Waals surface area contributed by atoms with E-state index in [1.54, 1.807) is 0 Å². The fraction of sp³-hybridized carbons (Fsp3) is 0.364. The molecule has 1 rings (SSSR count). The van der Waals surface area contributed by atoms with E-state index in [0.29, 0.717) is 0 Å². The molecule has 0 fully saturated rings. The maximum Gasteiger partial charge on any atom is 0.417 e. The molecule has 7 heteroatoms. The highest BCUT2D eigenvalue weighted by Crippen LogP contribution is 2.35. The molecule has 0 spiro atoms. The Bertz CT molecular complexity index is 448. The van der Waals surface area contributed by atoms with E-state index in [1.807, 2.05) is 0 Å². The predicted molar refractivity (Wildman–Crippen MR) is 60.1 cm³/mol. The summed E-state index contributed by atoms with van der Waals surface area (Å²) in [4.78, 5) is 11.1. The number of hydrogen-bond donors (Lipinski definition) is 1. The molecule has 0 amide bonds. The van der Waals surface area contributed by atoms with Crippen LogP contribution in [-0.2, 0) is 22.1 Å². The molecule has 100 valence electrons. The molecule has 1 aromatic carbocycles. The van der Waals surface area contributed by atoms with Crippen LogP contribution < -0.4 is 5.73 Å². The van der Waals surface area contributed by atoms with Crippen molar-refractivity contribution in [3.05, 3.63) is 34.3 Å². The first-order valence-corrected chi connectivity index (χ1v) is 5.32. The highest BCUT2D eigenvalue weighted by Gasteiger charge is 2.33. The third-order valence-electron chi connectivity index (χ3n) is 2.30. The summed E-state index contributed by atoms with van der Waals surface area (Å²) in [5.74, 6) is -0.682. The van der Waals surface area contributed by atoms with Crippen molar-refractivity contribution in [1.29, 1.82) is 0 Å². The molecule has 0 heterocycles. The average Bonchev–Trinajstić information content (AvgIpc) is 2.29. The molecule has 2 N–H and O–H groups in total. The van der Waals surface area contributed by atoms with Gasteiger partial charge in [-0.05, 0) is 24.1 Å². The Balaban J connectivity index is 2.96. The Kier molecular flexibility index (Phi) is 4.59. The second-order valence-corrected chi connectivity index (χ2v) is 4.05. The average molecular weight is 282 g/mol. The first kappa shape index (κ1) is 14.8. The van der Waals surface area contributed by atoms with Gasteiger partial charge >= 0.3 is 12.1 Å². The lowest BCUT2D eigenvalue weighted by Gasteiger charge is -2.13. The zero-order valence-corrected chi connectivity index (χ0v) is 10.2. The largest absolute Gasteiger partial charge is 0.468 e. The Morgan fingerprint density at radius 1 is 1.50 bits per heavy atom. The molecular weight excluding hydrogens is 271 g/mol. The van der Waals surface area contributed by atoms with Crippen molar-refractivity contribution in [3.63, 3.8) is 0 Å². The van der Waals surface area contributed by atoms with Crippen LogP contribution in [0.15, 0.2) is 18.2 Å². The van der Waals surface area contributed by atoms with Gasteiger partial charge in [-0.1, -0.05) is 17.7 Å². The minimum Gasteiger partial charge on any atom is -0.468 e. The van der Waals surface area contributed by atoms with Crippen molar-refractivity contribution in [3.8, 4) is 0 Å². The van der Waals surface area contributed by atoms with Crippen molar-refractivity contribution in [2.24, 2.45) is 5.73 Å². The van der Waals surface area contributed by atoms with Gasteiger partial charge in [0.15, 0.2) is 0 Å².